The standard InChI is InChI=1S/C20H23F3N2O2/c1-24(2)11-13-7-15(3-4-19(13)26)25-6-5-12(20(25)27)8-16-17(22)9-14(21)10-18(16)23/h9-12,15H,3-8H2,1-2H3/b13-11+. The van der Waals surface area contributed by atoms with Crippen LogP contribution in [0.4, 0.5) is 13.2 Å². The molecule has 1 aromatic rings. The van der Waals surface area contributed by atoms with Crippen LogP contribution in [0.15, 0.2) is 23.9 Å². The van der Waals surface area contributed by atoms with Gasteiger partial charge in [0, 0.05) is 68.5 Å². The van der Waals surface area contributed by atoms with E-state index in [1.54, 1.807) is 11.1 Å². The molecule has 146 valence electrons. The van der Waals surface area contributed by atoms with Crippen LogP contribution >= 0.6 is 0 Å². The molecule has 0 N–H and O–H groups in total. The summed E-state index contributed by atoms with van der Waals surface area (Å²) in [6.07, 6.45) is 3.68. The van der Waals surface area contributed by atoms with Gasteiger partial charge in [-0.05, 0) is 25.7 Å². The molecule has 1 amide bonds. The highest BCUT2D eigenvalue weighted by Crippen LogP contribution is 2.32. The first kappa shape index (κ1) is 19.5. The molecule has 1 heterocycles. The summed E-state index contributed by atoms with van der Waals surface area (Å²) in [5.41, 5.74) is 0.451. The number of amides is 1. The number of rotatable bonds is 4. The van der Waals surface area contributed by atoms with Crippen molar-refractivity contribution in [1.82, 2.24) is 9.80 Å². The van der Waals surface area contributed by atoms with Crippen LogP contribution < -0.4 is 0 Å². The number of carbonyl (C=O) groups excluding carboxylic acids is 2. The van der Waals surface area contributed by atoms with Crippen molar-refractivity contribution in [2.75, 3.05) is 20.6 Å². The van der Waals surface area contributed by atoms with Gasteiger partial charge in [-0.2, -0.15) is 0 Å². The molecule has 4 nitrogen and oxygen atoms in total. The van der Waals surface area contributed by atoms with E-state index in [4.69, 9.17) is 0 Å². The first-order chi connectivity index (χ1) is 12.8. The van der Waals surface area contributed by atoms with Crippen molar-refractivity contribution in [2.45, 2.75) is 38.1 Å². The fraction of sp³-hybridized carbons (Fsp3) is 0.500. The van der Waals surface area contributed by atoms with Gasteiger partial charge in [0.2, 0.25) is 5.91 Å². The fourth-order valence-electron chi connectivity index (χ4n) is 3.96. The number of Topliss-reactive ketones (excluding diaryl/α,β-unsaturated/α-hetero) is 1. The third-order valence-corrected chi connectivity index (χ3v) is 5.28. The van der Waals surface area contributed by atoms with Crippen LogP contribution in [-0.2, 0) is 16.0 Å². The van der Waals surface area contributed by atoms with Crippen LogP contribution in [0.2, 0.25) is 0 Å². The summed E-state index contributed by atoms with van der Waals surface area (Å²) in [5.74, 6) is -3.48. The van der Waals surface area contributed by atoms with Gasteiger partial charge < -0.3 is 9.80 Å². The second-order valence-electron chi connectivity index (χ2n) is 7.51. The maximum atomic E-state index is 13.9. The Morgan fingerprint density at radius 1 is 1.15 bits per heavy atom. The molecular formula is C20H23F3N2O2. The highest BCUT2D eigenvalue weighted by atomic mass is 19.1. The van der Waals surface area contributed by atoms with Crippen LogP contribution in [-0.4, -0.2) is 48.2 Å². The molecule has 3 rings (SSSR count). The van der Waals surface area contributed by atoms with E-state index >= 15 is 0 Å². The number of carbonyl (C=O) groups is 2. The summed E-state index contributed by atoms with van der Waals surface area (Å²) in [6, 6.07) is 1.20. The van der Waals surface area contributed by atoms with Gasteiger partial charge in [-0.25, -0.2) is 13.2 Å². The predicted octanol–water partition coefficient (Wildman–Crippen LogP) is 3.06. The highest BCUT2D eigenvalue weighted by Gasteiger charge is 2.39. The van der Waals surface area contributed by atoms with Crippen molar-refractivity contribution in [3.05, 3.63) is 46.9 Å². The van der Waals surface area contributed by atoms with Gasteiger partial charge in [-0.1, -0.05) is 0 Å². The summed E-state index contributed by atoms with van der Waals surface area (Å²) in [5, 5.41) is 0. The molecule has 27 heavy (non-hydrogen) atoms. The lowest BCUT2D eigenvalue weighted by atomic mass is 9.89. The minimum atomic E-state index is -0.972. The molecule has 1 aliphatic carbocycles. The Kier molecular flexibility index (Phi) is 5.58. The number of hydrogen-bond donors (Lipinski definition) is 0. The van der Waals surface area contributed by atoms with E-state index in [0.717, 1.165) is 0 Å². The Balaban J connectivity index is 1.71. The van der Waals surface area contributed by atoms with Crippen LogP contribution in [0.1, 0.15) is 31.2 Å². The van der Waals surface area contributed by atoms with Gasteiger partial charge in [0.25, 0.3) is 0 Å². The van der Waals surface area contributed by atoms with E-state index in [-0.39, 0.29) is 29.7 Å². The molecule has 2 aliphatic rings. The number of ketones is 1. The molecule has 0 radical (unpaired) electrons. The Morgan fingerprint density at radius 2 is 1.81 bits per heavy atom. The molecule has 1 aromatic carbocycles. The first-order valence-corrected chi connectivity index (χ1v) is 9.10. The van der Waals surface area contributed by atoms with Crippen molar-refractivity contribution >= 4 is 11.7 Å². The second-order valence-corrected chi connectivity index (χ2v) is 7.51. The van der Waals surface area contributed by atoms with Gasteiger partial charge in [-0.3, -0.25) is 9.59 Å². The van der Waals surface area contributed by atoms with Crippen molar-refractivity contribution in [3.8, 4) is 0 Å². The number of halogens is 3. The summed E-state index contributed by atoms with van der Waals surface area (Å²) in [7, 11) is 3.68. The molecule has 0 bridgehead atoms. The minimum Gasteiger partial charge on any atom is -0.383 e. The van der Waals surface area contributed by atoms with Crippen molar-refractivity contribution in [2.24, 2.45) is 5.92 Å². The number of hydrogen-bond acceptors (Lipinski definition) is 3. The summed E-state index contributed by atoms with van der Waals surface area (Å²) in [6.45, 7) is 0.502. The van der Waals surface area contributed by atoms with Crippen molar-refractivity contribution < 1.29 is 22.8 Å². The monoisotopic (exact) mass is 380 g/mol. The average molecular weight is 380 g/mol. The smallest absolute Gasteiger partial charge is 0.226 e. The van der Waals surface area contributed by atoms with Gasteiger partial charge in [0.05, 0.1) is 0 Å². The largest absolute Gasteiger partial charge is 0.383 e. The lowest BCUT2D eigenvalue weighted by Crippen LogP contribution is -2.41. The molecule has 0 spiro atoms. The van der Waals surface area contributed by atoms with Crippen molar-refractivity contribution in [3.63, 3.8) is 0 Å². The number of benzene rings is 1. The Hall–Kier alpha value is -2.31. The third kappa shape index (κ3) is 4.17. The van der Waals surface area contributed by atoms with Gasteiger partial charge >= 0.3 is 0 Å². The Morgan fingerprint density at radius 3 is 2.44 bits per heavy atom. The van der Waals surface area contributed by atoms with E-state index in [1.807, 2.05) is 19.0 Å². The summed E-state index contributed by atoms with van der Waals surface area (Å²) in [4.78, 5) is 28.4. The summed E-state index contributed by atoms with van der Waals surface area (Å²) < 4.78 is 40.9. The maximum Gasteiger partial charge on any atom is 0.226 e. The maximum absolute atomic E-state index is 13.9. The SMILES string of the molecule is CN(C)/C=C1\CC(N2CCC(Cc3c(F)cc(F)cc3F)C2=O)CCC1=O. The zero-order chi connectivity index (χ0) is 19.7. The van der Waals surface area contributed by atoms with E-state index < -0.39 is 23.4 Å². The molecule has 0 aromatic heterocycles. The first-order valence-electron chi connectivity index (χ1n) is 9.10. The van der Waals surface area contributed by atoms with Gasteiger partial charge in [0.15, 0.2) is 5.78 Å². The Labute approximate surface area is 156 Å². The molecule has 2 atom stereocenters. The molecule has 7 heteroatoms. The van der Waals surface area contributed by atoms with E-state index in [0.29, 0.717) is 49.9 Å². The van der Waals surface area contributed by atoms with Crippen molar-refractivity contribution in [1.29, 1.82) is 0 Å². The molecule has 1 saturated carbocycles. The second kappa shape index (κ2) is 7.74. The average Bonchev–Trinajstić information content (AvgIpc) is 2.93. The fourth-order valence-corrected chi connectivity index (χ4v) is 3.96. The topological polar surface area (TPSA) is 40.6 Å². The van der Waals surface area contributed by atoms with Crippen LogP contribution in [0, 0.1) is 23.4 Å². The molecular weight excluding hydrogens is 357 g/mol. The number of likely N-dealkylation sites (tertiary alicyclic amines) is 1. The third-order valence-electron chi connectivity index (χ3n) is 5.28. The zero-order valence-corrected chi connectivity index (χ0v) is 15.5. The van der Waals surface area contributed by atoms with E-state index in [2.05, 4.69) is 0 Å². The predicted molar refractivity (Wildman–Crippen MR) is 94.3 cm³/mol. The van der Waals surface area contributed by atoms with Gasteiger partial charge in [0.1, 0.15) is 17.5 Å². The molecule has 2 unspecified atom stereocenters. The normalized spacial score (nSPS) is 24.8. The van der Waals surface area contributed by atoms with Crippen LogP contribution in [0.25, 0.3) is 0 Å². The molecule has 2 fully saturated rings. The zero-order valence-electron chi connectivity index (χ0n) is 15.5. The Bertz CT molecular complexity index is 768. The lowest BCUT2D eigenvalue weighted by molar-refractivity contribution is -0.134. The highest BCUT2D eigenvalue weighted by molar-refractivity contribution is 5.96. The van der Waals surface area contributed by atoms with Crippen LogP contribution in [0.3, 0.4) is 0 Å². The van der Waals surface area contributed by atoms with Crippen LogP contribution in [0.5, 0.6) is 0 Å². The minimum absolute atomic E-state index is 0.0747. The van der Waals surface area contributed by atoms with Gasteiger partial charge in [-0.15, -0.1) is 0 Å². The van der Waals surface area contributed by atoms with E-state index in [1.165, 1.54) is 0 Å². The lowest BCUT2D eigenvalue weighted by Gasteiger charge is -2.32. The number of nitrogens with zero attached hydrogens (tertiary/aromatic N) is 2. The quantitative estimate of drug-likeness (QED) is 0.754. The van der Waals surface area contributed by atoms with E-state index in [9.17, 15) is 22.8 Å². The molecule has 1 saturated heterocycles. The molecule has 1 aliphatic heterocycles. The summed E-state index contributed by atoms with van der Waals surface area (Å²) >= 11 is 0.